The van der Waals surface area contributed by atoms with Crippen LogP contribution in [0.1, 0.15) is 5.56 Å². The summed E-state index contributed by atoms with van der Waals surface area (Å²) in [5, 5.41) is 20.8. The first-order chi connectivity index (χ1) is 14.3. The molecular weight excluding hydrogens is 456 g/mol. The summed E-state index contributed by atoms with van der Waals surface area (Å²) in [7, 11) is -3.82. The van der Waals surface area contributed by atoms with E-state index in [1.807, 2.05) is 0 Å². The number of rotatable bonds is 8. The monoisotopic (exact) mass is 468 g/mol. The number of nitrogens with zero attached hydrogens (tertiary/aromatic N) is 3. The van der Waals surface area contributed by atoms with E-state index < -0.39 is 27.3 Å². The predicted octanol–water partition coefficient (Wildman–Crippen LogP) is 3.09. The third-order valence-electron chi connectivity index (χ3n) is 3.64. The van der Waals surface area contributed by atoms with Crippen LogP contribution in [0.25, 0.3) is 0 Å². The summed E-state index contributed by atoms with van der Waals surface area (Å²) < 4.78 is 29.9. The third-order valence-corrected chi connectivity index (χ3v) is 6.96. The van der Waals surface area contributed by atoms with Crippen molar-refractivity contribution in [3.8, 4) is 5.75 Å². The smallest absolute Gasteiger partial charge is 0.310 e. The molecule has 3 rings (SSSR count). The number of nitro groups is 1. The quantitative estimate of drug-likeness (QED) is 0.302. The first kappa shape index (κ1) is 21.6. The number of carbonyl (C=O) groups excluding carboxylic acids is 1. The lowest BCUT2D eigenvalue weighted by Crippen LogP contribution is -2.20. The first-order valence-corrected chi connectivity index (χ1v) is 11.1. The predicted molar refractivity (Wildman–Crippen MR) is 109 cm³/mol. The zero-order valence-electron chi connectivity index (χ0n) is 15.0. The molecule has 0 saturated heterocycles. The molecule has 0 aliphatic heterocycles. The summed E-state index contributed by atoms with van der Waals surface area (Å²) in [6.45, 7) is -0.536. The van der Waals surface area contributed by atoms with E-state index in [0.29, 0.717) is 21.9 Å². The fraction of sp³-hybridized carbons (Fsp3) is 0.118. The minimum absolute atomic E-state index is 0.0519. The number of aromatic nitrogens is 2. The Balaban J connectivity index is 1.63. The van der Waals surface area contributed by atoms with Crippen molar-refractivity contribution in [3.05, 3.63) is 69.2 Å². The van der Waals surface area contributed by atoms with Gasteiger partial charge in [-0.05, 0) is 17.7 Å². The van der Waals surface area contributed by atoms with Crippen LogP contribution in [0.4, 0.5) is 10.8 Å². The van der Waals surface area contributed by atoms with E-state index >= 15 is 0 Å². The molecule has 0 aliphatic rings. The number of halogens is 1. The average molecular weight is 469 g/mol. The number of nitro benzene ring substituents is 1. The van der Waals surface area contributed by atoms with Gasteiger partial charge in [-0.1, -0.05) is 53.3 Å². The number of para-hydroxylation sites is 2. The molecule has 1 aromatic heterocycles. The highest BCUT2D eigenvalue weighted by atomic mass is 35.5. The molecule has 0 bridgehead atoms. The molecule has 30 heavy (non-hydrogen) atoms. The number of benzene rings is 2. The summed E-state index contributed by atoms with van der Waals surface area (Å²) in [5.41, 5.74) is 0.131. The van der Waals surface area contributed by atoms with Gasteiger partial charge >= 0.3 is 5.69 Å². The minimum atomic E-state index is -3.82. The van der Waals surface area contributed by atoms with Crippen molar-refractivity contribution in [2.24, 2.45) is 0 Å². The van der Waals surface area contributed by atoms with E-state index in [1.54, 1.807) is 24.3 Å². The van der Waals surface area contributed by atoms with Crippen LogP contribution >= 0.6 is 22.9 Å². The fourth-order valence-electron chi connectivity index (χ4n) is 2.30. The fourth-order valence-corrected chi connectivity index (χ4v) is 4.94. The van der Waals surface area contributed by atoms with Crippen molar-refractivity contribution in [1.82, 2.24) is 10.2 Å². The largest absolute Gasteiger partial charge is 0.477 e. The molecule has 2 aromatic carbocycles. The molecule has 0 atom stereocenters. The lowest BCUT2D eigenvalue weighted by Gasteiger charge is -2.05. The van der Waals surface area contributed by atoms with E-state index in [-0.39, 0.29) is 26.7 Å². The van der Waals surface area contributed by atoms with E-state index in [9.17, 15) is 23.3 Å². The highest BCUT2D eigenvalue weighted by Crippen LogP contribution is 2.27. The van der Waals surface area contributed by atoms with Crippen molar-refractivity contribution in [1.29, 1.82) is 0 Å². The molecule has 156 valence electrons. The molecule has 1 amide bonds. The topological polar surface area (TPSA) is 141 Å². The number of carbonyl (C=O) groups is 1. The number of hydrogen-bond donors (Lipinski definition) is 1. The van der Waals surface area contributed by atoms with Crippen LogP contribution in [0.15, 0.2) is 52.9 Å². The second-order valence-electron chi connectivity index (χ2n) is 5.79. The maximum Gasteiger partial charge on any atom is 0.310 e. The lowest BCUT2D eigenvalue weighted by molar-refractivity contribution is -0.385. The number of ether oxygens (including phenoxy) is 1. The van der Waals surface area contributed by atoms with E-state index in [1.165, 1.54) is 24.3 Å². The van der Waals surface area contributed by atoms with Crippen LogP contribution in [0.3, 0.4) is 0 Å². The molecule has 0 fully saturated rings. The van der Waals surface area contributed by atoms with Crippen molar-refractivity contribution >= 4 is 49.5 Å². The van der Waals surface area contributed by atoms with Crippen LogP contribution in [0.2, 0.25) is 5.02 Å². The minimum Gasteiger partial charge on any atom is -0.477 e. The maximum atomic E-state index is 12.5. The summed E-state index contributed by atoms with van der Waals surface area (Å²) in [4.78, 5) is 22.3. The molecule has 0 unspecified atom stereocenters. The van der Waals surface area contributed by atoms with Gasteiger partial charge in [-0.25, -0.2) is 8.42 Å². The molecule has 0 spiro atoms. The van der Waals surface area contributed by atoms with Gasteiger partial charge in [0.2, 0.25) is 19.3 Å². The number of amides is 1. The summed E-state index contributed by atoms with van der Waals surface area (Å²) >= 11 is 6.67. The highest BCUT2D eigenvalue weighted by Gasteiger charge is 2.23. The average Bonchev–Trinajstić information content (AvgIpc) is 3.17. The normalized spacial score (nSPS) is 11.1. The van der Waals surface area contributed by atoms with Gasteiger partial charge in [0.1, 0.15) is 0 Å². The third kappa shape index (κ3) is 5.28. The number of sulfone groups is 1. The molecule has 0 saturated carbocycles. The van der Waals surface area contributed by atoms with Crippen molar-refractivity contribution in [3.63, 3.8) is 0 Å². The second kappa shape index (κ2) is 9.15. The molecular formula is C17H13ClN4O6S2. The second-order valence-corrected chi connectivity index (χ2v) is 9.33. The van der Waals surface area contributed by atoms with Crippen molar-refractivity contribution in [2.45, 2.75) is 10.1 Å². The molecule has 13 heteroatoms. The Hall–Kier alpha value is -3.09. The lowest BCUT2D eigenvalue weighted by atomic mass is 10.2. The molecule has 0 aliphatic carbocycles. The Bertz CT molecular complexity index is 1200. The van der Waals surface area contributed by atoms with E-state index in [2.05, 4.69) is 15.5 Å². The summed E-state index contributed by atoms with van der Waals surface area (Å²) in [6.07, 6.45) is 0. The Morgan fingerprint density at radius 1 is 1.17 bits per heavy atom. The van der Waals surface area contributed by atoms with Crippen molar-refractivity contribution < 1.29 is 22.9 Å². The summed E-state index contributed by atoms with van der Waals surface area (Å²) in [5.74, 6) is -1.12. The van der Waals surface area contributed by atoms with Gasteiger partial charge in [-0.2, -0.15) is 0 Å². The molecule has 3 aromatic rings. The number of nitrogens with one attached hydrogen (secondary N) is 1. The number of anilines is 1. The zero-order valence-corrected chi connectivity index (χ0v) is 17.4. The van der Waals surface area contributed by atoms with Crippen LogP contribution in [-0.2, 0) is 20.4 Å². The van der Waals surface area contributed by atoms with Gasteiger partial charge in [0.15, 0.2) is 12.4 Å². The van der Waals surface area contributed by atoms with Crippen LogP contribution < -0.4 is 10.1 Å². The van der Waals surface area contributed by atoms with Gasteiger partial charge in [0.05, 0.1) is 10.7 Å². The van der Waals surface area contributed by atoms with Gasteiger partial charge in [-0.3, -0.25) is 20.2 Å². The maximum absolute atomic E-state index is 12.5. The molecule has 1 N–H and O–H groups in total. The van der Waals surface area contributed by atoms with Crippen LogP contribution in [0, 0.1) is 10.1 Å². The molecule has 0 radical (unpaired) electrons. The van der Waals surface area contributed by atoms with E-state index in [0.717, 1.165) is 0 Å². The Kier molecular flexibility index (Phi) is 6.59. The molecule has 1 heterocycles. The Morgan fingerprint density at radius 2 is 1.87 bits per heavy atom. The zero-order chi connectivity index (χ0) is 21.7. The Labute approximate surface area is 179 Å². The SMILES string of the molecule is O=C(COc1ccccc1[N+](=O)[O-])Nc1nnc(S(=O)(=O)Cc2ccccc2Cl)s1. The summed E-state index contributed by atoms with van der Waals surface area (Å²) in [6, 6.07) is 12.1. The van der Waals surface area contributed by atoms with Crippen molar-refractivity contribution in [2.75, 3.05) is 11.9 Å². The van der Waals surface area contributed by atoms with Crippen LogP contribution in [-0.4, -0.2) is 36.1 Å². The van der Waals surface area contributed by atoms with E-state index in [4.69, 9.17) is 16.3 Å². The standard InChI is InChI=1S/C17H13ClN4O6S2/c18-12-6-2-1-5-11(12)10-30(26,27)17-21-20-16(29-17)19-15(23)9-28-14-8-4-3-7-13(14)22(24)25/h1-8H,9-10H2,(H,19,20,23). The highest BCUT2D eigenvalue weighted by molar-refractivity contribution is 7.92. The van der Waals surface area contributed by atoms with Gasteiger partial charge < -0.3 is 4.74 Å². The first-order valence-electron chi connectivity index (χ1n) is 8.22. The molecule has 10 nitrogen and oxygen atoms in total. The van der Waals surface area contributed by atoms with Gasteiger partial charge in [-0.15, -0.1) is 10.2 Å². The van der Waals surface area contributed by atoms with Gasteiger partial charge in [0.25, 0.3) is 5.91 Å². The Morgan fingerprint density at radius 3 is 2.60 bits per heavy atom. The van der Waals surface area contributed by atoms with Gasteiger partial charge in [0, 0.05) is 11.1 Å². The van der Waals surface area contributed by atoms with Crippen LogP contribution in [0.5, 0.6) is 5.75 Å². The number of hydrogen-bond acceptors (Lipinski definition) is 9.